The minimum atomic E-state index is 0.220. The van der Waals surface area contributed by atoms with E-state index < -0.39 is 0 Å². The third kappa shape index (κ3) is 4.28. The molecule has 1 aliphatic rings. The quantitative estimate of drug-likeness (QED) is 0.784. The van der Waals surface area contributed by atoms with Crippen molar-refractivity contribution in [3.8, 4) is 0 Å². The normalized spacial score (nSPS) is 17.4. The Balaban J connectivity index is 2.03. The molecule has 1 fully saturated rings. The fourth-order valence-electron chi connectivity index (χ4n) is 2.88. The van der Waals surface area contributed by atoms with Crippen LogP contribution >= 0.6 is 11.6 Å². The van der Waals surface area contributed by atoms with E-state index in [0.29, 0.717) is 24.2 Å². The second-order valence-electron chi connectivity index (χ2n) is 5.81. The predicted octanol–water partition coefficient (Wildman–Crippen LogP) is 2.95. The third-order valence-electron chi connectivity index (χ3n) is 4.26. The van der Waals surface area contributed by atoms with Gasteiger partial charge in [-0.2, -0.15) is 0 Å². The molecule has 1 aliphatic carbocycles. The highest BCUT2D eigenvalue weighted by molar-refractivity contribution is 6.29. The number of halogens is 1. The van der Waals surface area contributed by atoms with Crippen LogP contribution in [0, 0.1) is 0 Å². The molecule has 6 heteroatoms. The Morgan fingerprint density at radius 1 is 1.33 bits per heavy atom. The van der Waals surface area contributed by atoms with Crippen LogP contribution in [0.25, 0.3) is 0 Å². The Hall–Kier alpha value is -0.910. The van der Waals surface area contributed by atoms with Crippen molar-refractivity contribution >= 4 is 17.4 Å². The minimum absolute atomic E-state index is 0.220. The summed E-state index contributed by atoms with van der Waals surface area (Å²) in [4.78, 5) is 11.0. The number of hydrogen-bond donors (Lipinski definition) is 1. The molecule has 1 heterocycles. The highest BCUT2D eigenvalue weighted by atomic mass is 35.5. The van der Waals surface area contributed by atoms with Gasteiger partial charge in [0.2, 0.25) is 0 Å². The van der Waals surface area contributed by atoms with Crippen LogP contribution in [-0.4, -0.2) is 47.7 Å². The fourth-order valence-corrected chi connectivity index (χ4v) is 3.08. The first kappa shape index (κ1) is 16.5. The fraction of sp³-hybridized carbons (Fsp3) is 0.733. The van der Waals surface area contributed by atoms with Crippen LogP contribution in [0.1, 0.15) is 38.4 Å². The van der Waals surface area contributed by atoms with Gasteiger partial charge in [-0.05, 0) is 33.9 Å². The lowest BCUT2D eigenvalue weighted by Crippen LogP contribution is -2.47. The van der Waals surface area contributed by atoms with Crippen LogP contribution in [0.4, 0.5) is 5.82 Å². The van der Waals surface area contributed by atoms with Crippen LogP contribution in [0.15, 0.2) is 6.07 Å². The van der Waals surface area contributed by atoms with Gasteiger partial charge < -0.3 is 15.0 Å². The van der Waals surface area contributed by atoms with Gasteiger partial charge in [0.15, 0.2) is 5.82 Å². The number of likely N-dealkylation sites (N-methyl/N-ethyl adjacent to an activating group) is 1. The zero-order valence-electron chi connectivity index (χ0n) is 13.2. The number of rotatable bonds is 7. The van der Waals surface area contributed by atoms with Crippen molar-refractivity contribution in [3.63, 3.8) is 0 Å². The van der Waals surface area contributed by atoms with Crippen LogP contribution in [0.2, 0.25) is 5.15 Å². The highest BCUT2D eigenvalue weighted by Gasteiger charge is 2.35. The van der Waals surface area contributed by atoms with E-state index in [-0.39, 0.29) is 5.54 Å². The molecule has 118 valence electrons. The summed E-state index contributed by atoms with van der Waals surface area (Å²) in [6, 6.07) is 1.77. The topological polar surface area (TPSA) is 50.3 Å². The lowest BCUT2D eigenvalue weighted by molar-refractivity contribution is 0.128. The van der Waals surface area contributed by atoms with Gasteiger partial charge in [-0.1, -0.05) is 24.4 Å². The SMILES string of the molecule is CCOCc1nc(Cl)cc(NCC2(N(C)C)CCCC2)n1. The molecule has 0 aliphatic heterocycles. The number of hydrogen-bond acceptors (Lipinski definition) is 5. The summed E-state index contributed by atoms with van der Waals surface area (Å²) < 4.78 is 5.35. The average Bonchev–Trinajstić information content (AvgIpc) is 2.93. The van der Waals surface area contributed by atoms with Crippen molar-refractivity contribution in [3.05, 3.63) is 17.0 Å². The van der Waals surface area contributed by atoms with Crippen LogP contribution in [-0.2, 0) is 11.3 Å². The number of anilines is 1. The molecule has 0 saturated heterocycles. The first-order valence-electron chi connectivity index (χ1n) is 7.58. The Morgan fingerprint density at radius 3 is 2.67 bits per heavy atom. The van der Waals surface area contributed by atoms with Crippen molar-refractivity contribution in [2.75, 3.05) is 32.6 Å². The van der Waals surface area contributed by atoms with E-state index in [1.807, 2.05) is 6.92 Å². The van der Waals surface area contributed by atoms with Crippen molar-refractivity contribution in [2.45, 2.75) is 44.8 Å². The maximum absolute atomic E-state index is 6.06. The molecule has 0 unspecified atom stereocenters. The maximum Gasteiger partial charge on any atom is 0.158 e. The molecule has 0 amide bonds. The van der Waals surface area contributed by atoms with Gasteiger partial charge in [0, 0.05) is 24.8 Å². The zero-order valence-corrected chi connectivity index (χ0v) is 13.9. The van der Waals surface area contributed by atoms with E-state index in [9.17, 15) is 0 Å². The van der Waals surface area contributed by atoms with Crippen molar-refractivity contribution < 1.29 is 4.74 Å². The first-order chi connectivity index (χ1) is 10.1. The Morgan fingerprint density at radius 2 is 2.05 bits per heavy atom. The molecule has 1 N–H and O–H groups in total. The smallest absolute Gasteiger partial charge is 0.158 e. The van der Waals surface area contributed by atoms with Gasteiger partial charge in [0.05, 0.1) is 0 Å². The molecule has 1 aromatic heterocycles. The van der Waals surface area contributed by atoms with Crippen LogP contribution < -0.4 is 5.32 Å². The van der Waals surface area contributed by atoms with Crippen LogP contribution in [0.3, 0.4) is 0 Å². The molecule has 21 heavy (non-hydrogen) atoms. The second kappa shape index (κ2) is 7.38. The Labute approximate surface area is 132 Å². The number of aromatic nitrogens is 2. The molecular formula is C15H25ClN4O. The van der Waals surface area contributed by atoms with E-state index in [0.717, 1.165) is 12.4 Å². The van der Waals surface area contributed by atoms with Gasteiger partial charge in [0.1, 0.15) is 17.6 Å². The summed E-state index contributed by atoms with van der Waals surface area (Å²) in [5.41, 5.74) is 0.220. The van der Waals surface area contributed by atoms with Crippen LogP contribution in [0.5, 0.6) is 0 Å². The van der Waals surface area contributed by atoms with Crippen molar-refractivity contribution in [1.82, 2.24) is 14.9 Å². The number of nitrogens with one attached hydrogen (secondary N) is 1. The van der Waals surface area contributed by atoms with E-state index in [1.165, 1.54) is 25.7 Å². The van der Waals surface area contributed by atoms with E-state index >= 15 is 0 Å². The number of nitrogens with zero attached hydrogens (tertiary/aromatic N) is 3. The molecule has 0 aromatic carbocycles. The summed E-state index contributed by atoms with van der Waals surface area (Å²) in [5, 5.41) is 3.89. The maximum atomic E-state index is 6.06. The molecular weight excluding hydrogens is 288 g/mol. The van der Waals surface area contributed by atoms with Crippen molar-refractivity contribution in [1.29, 1.82) is 0 Å². The molecule has 1 aromatic rings. The number of ether oxygens (including phenoxy) is 1. The predicted molar refractivity (Wildman–Crippen MR) is 85.7 cm³/mol. The summed E-state index contributed by atoms with van der Waals surface area (Å²) in [6.45, 7) is 3.86. The summed E-state index contributed by atoms with van der Waals surface area (Å²) in [7, 11) is 4.31. The molecule has 0 spiro atoms. The van der Waals surface area contributed by atoms with Gasteiger partial charge >= 0.3 is 0 Å². The van der Waals surface area contributed by atoms with E-state index in [4.69, 9.17) is 16.3 Å². The lowest BCUT2D eigenvalue weighted by Gasteiger charge is -2.36. The Kier molecular flexibility index (Phi) is 5.79. The van der Waals surface area contributed by atoms with Gasteiger partial charge in [-0.15, -0.1) is 0 Å². The summed E-state index contributed by atoms with van der Waals surface area (Å²) in [6.07, 6.45) is 5.02. The van der Waals surface area contributed by atoms with Gasteiger partial charge in [0.25, 0.3) is 0 Å². The second-order valence-corrected chi connectivity index (χ2v) is 6.20. The summed E-state index contributed by atoms with van der Waals surface area (Å²) in [5.74, 6) is 1.40. The molecule has 2 rings (SSSR count). The third-order valence-corrected chi connectivity index (χ3v) is 4.45. The van der Waals surface area contributed by atoms with Crippen molar-refractivity contribution in [2.24, 2.45) is 0 Å². The van der Waals surface area contributed by atoms with E-state index in [2.05, 4.69) is 34.3 Å². The lowest BCUT2D eigenvalue weighted by atomic mass is 9.96. The molecule has 0 atom stereocenters. The molecule has 0 radical (unpaired) electrons. The largest absolute Gasteiger partial charge is 0.374 e. The molecule has 5 nitrogen and oxygen atoms in total. The minimum Gasteiger partial charge on any atom is -0.374 e. The summed E-state index contributed by atoms with van der Waals surface area (Å²) >= 11 is 6.06. The molecule has 0 bridgehead atoms. The van der Waals surface area contributed by atoms with Gasteiger partial charge in [-0.25, -0.2) is 9.97 Å². The average molecular weight is 313 g/mol. The highest BCUT2D eigenvalue weighted by Crippen LogP contribution is 2.33. The Bertz CT molecular complexity index is 461. The molecule has 1 saturated carbocycles. The van der Waals surface area contributed by atoms with E-state index in [1.54, 1.807) is 6.07 Å². The van der Waals surface area contributed by atoms with Gasteiger partial charge in [-0.3, -0.25) is 0 Å². The standard InChI is InChI=1S/C15H25ClN4O/c1-4-21-10-14-18-12(16)9-13(19-14)17-11-15(20(2)3)7-5-6-8-15/h9H,4-8,10-11H2,1-3H3,(H,17,18,19). The monoisotopic (exact) mass is 312 g/mol. The first-order valence-corrected chi connectivity index (χ1v) is 7.96. The zero-order chi connectivity index (χ0) is 15.3.